The summed E-state index contributed by atoms with van der Waals surface area (Å²) < 4.78 is 0. The fourth-order valence-corrected chi connectivity index (χ4v) is 3.30. The number of hydrogen-bond acceptors (Lipinski definition) is 2. The van der Waals surface area contributed by atoms with Gasteiger partial charge in [-0.2, -0.15) is 0 Å². The molecule has 0 aromatic rings. The number of likely N-dealkylation sites (tertiary alicyclic amines) is 1. The Morgan fingerprint density at radius 1 is 1.19 bits per heavy atom. The summed E-state index contributed by atoms with van der Waals surface area (Å²) in [5, 5.41) is 2.80. The summed E-state index contributed by atoms with van der Waals surface area (Å²) in [7, 11) is 0. The van der Waals surface area contributed by atoms with Crippen molar-refractivity contribution in [3.63, 3.8) is 0 Å². The molecule has 0 radical (unpaired) electrons. The molecule has 5 heteroatoms. The van der Waals surface area contributed by atoms with E-state index in [1.807, 2.05) is 4.90 Å². The second kappa shape index (κ2) is 6.67. The molecule has 2 saturated heterocycles. The lowest BCUT2D eigenvalue weighted by atomic mass is 9.77. The summed E-state index contributed by atoms with van der Waals surface area (Å²) in [6.45, 7) is 10.2. The molecule has 2 heterocycles. The number of carbonyl (C=O) groups excluding carboxylic acids is 2. The first-order valence-corrected chi connectivity index (χ1v) is 8.18. The second-order valence-electron chi connectivity index (χ2n) is 7.38. The number of rotatable bonds is 2. The van der Waals surface area contributed by atoms with Crippen LogP contribution in [0.25, 0.3) is 0 Å². The van der Waals surface area contributed by atoms with Gasteiger partial charge in [0.2, 0.25) is 5.91 Å². The number of hydrogen-bond donors (Lipinski definition) is 1. The van der Waals surface area contributed by atoms with Crippen molar-refractivity contribution in [2.75, 3.05) is 32.7 Å². The highest BCUT2D eigenvalue weighted by atomic mass is 16.2. The molecule has 2 fully saturated rings. The molecule has 1 N–H and O–H groups in total. The maximum absolute atomic E-state index is 12.4. The molecule has 0 aromatic carbocycles. The van der Waals surface area contributed by atoms with Crippen molar-refractivity contribution in [2.24, 2.45) is 11.3 Å². The standard InChI is InChI=1S/C16H29N3O2/c1-16(2,3)13-6-4-9-18(11-7-13)14(20)12-19-10-5-8-17-15(19)21/h13H,4-12H2,1-3H3,(H,17,21). The summed E-state index contributed by atoms with van der Waals surface area (Å²) in [6.07, 6.45) is 4.25. The Morgan fingerprint density at radius 3 is 2.62 bits per heavy atom. The molecule has 0 spiro atoms. The van der Waals surface area contributed by atoms with Crippen molar-refractivity contribution in [1.29, 1.82) is 0 Å². The minimum absolute atomic E-state index is 0.0987. The average Bonchev–Trinajstić information content (AvgIpc) is 2.66. The van der Waals surface area contributed by atoms with Crippen molar-refractivity contribution < 1.29 is 9.59 Å². The Kier molecular flexibility index (Phi) is 5.12. The van der Waals surface area contributed by atoms with E-state index in [1.165, 1.54) is 6.42 Å². The highest BCUT2D eigenvalue weighted by Gasteiger charge is 2.29. The van der Waals surface area contributed by atoms with Gasteiger partial charge in [0, 0.05) is 26.2 Å². The van der Waals surface area contributed by atoms with Crippen molar-refractivity contribution in [1.82, 2.24) is 15.1 Å². The quantitative estimate of drug-likeness (QED) is 0.848. The largest absolute Gasteiger partial charge is 0.341 e. The molecule has 1 atom stereocenters. The van der Waals surface area contributed by atoms with Crippen LogP contribution in [0.1, 0.15) is 46.5 Å². The molecular formula is C16H29N3O2. The van der Waals surface area contributed by atoms with E-state index < -0.39 is 0 Å². The summed E-state index contributed by atoms with van der Waals surface area (Å²) in [5.74, 6) is 0.773. The van der Waals surface area contributed by atoms with Crippen molar-refractivity contribution >= 4 is 11.9 Å². The van der Waals surface area contributed by atoms with Gasteiger partial charge in [-0.15, -0.1) is 0 Å². The van der Waals surface area contributed by atoms with Crippen molar-refractivity contribution in [3.05, 3.63) is 0 Å². The van der Waals surface area contributed by atoms with Crippen molar-refractivity contribution in [2.45, 2.75) is 46.5 Å². The number of carbonyl (C=O) groups is 2. The number of nitrogens with zero attached hydrogens (tertiary/aromatic N) is 2. The predicted octanol–water partition coefficient (Wildman–Crippen LogP) is 2.08. The van der Waals surface area contributed by atoms with E-state index in [4.69, 9.17) is 0 Å². The molecule has 0 bridgehead atoms. The summed E-state index contributed by atoms with van der Waals surface area (Å²) in [6, 6.07) is -0.100. The normalized spacial score (nSPS) is 24.5. The van der Waals surface area contributed by atoms with E-state index in [0.717, 1.165) is 38.9 Å². The third-order valence-electron chi connectivity index (χ3n) is 4.80. The van der Waals surface area contributed by atoms with Gasteiger partial charge in [-0.1, -0.05) is 20.8 Å². The zero-order chi connectivity index (χ0) is 15.5. The smallest absolute Gasteiger partial charge is 0.317 e. The maximum Gasteiger partial charge on any atom is 0.317 e. The van der Waals surface area contributed by atoms with Crippen LogP contribution < -0.4 is 5.32 Å². The average molecular weight is 295 g/mol. The van der Waals surface area contributed by atoms with E-state index >= 15 is 0 Å². The first-order chi connectivity index (χ1) is 9.88. The summed E-state index contributed by atoms with van der Waals surface area (Å²) in [4.78, 5) is 27.7. The molecule has 5 nitrogen and oxygen atoms in total. The van der Waals surface area contributed by atoms with Gasteiger partial charge in [-0.3, -0.25) is 4.79 Å². The van der Waals surface area contributed by atoms with E-state index in [0.29, 0.717) is 17.9 Å². The predicted molar refractivity (Wildman–Crippen MR) is 83.0 cm³/mol. The Balaban J connectivity index is 1.87. The van der Waals surface area contributed by atoms with Gasteiger partial charge in [0.1, 0.15) is 6.54 Å². The topological polar surface area (TPSA) is 52.7 Å². The van der Waals surface area contributed by atoms with Crippen LogP contribution in [0.15, 0.2) is 0 Å². The first-order valence-electron chi connectivity index (χ1n) is 8.18. The molecule has 0 aliphatic carbocycles. The Bertz CT molecular complexity index is 389. The minimum atomic E-state index is -0.100. The lowest BCUT2D eigenvalue weighted by molar-refractivity contribution is -0.131. The minimum Gasteiger partial charge on any atom is -0.341 e. The van der Waals surface area contributed by atoms with E-state index in [1.54, 1.807) is 4.90 Å². The zero-order valence-corrected chi connectivity index (χ0v) is 13.7. The van der Waals surface area contributed by atoms with Gasteiger partial charge < -0.3 is 15.1 Å². The van der Waals surface area contributed by atoms with Crippen LogP contribution in [0.3, 0.4) is 0 Å². The molecule has 1 unspecified atom stereocenters. The highest BCUT2D eigenvalue weighted by Crippen LogP contribution is 2.34. The highest BCUT2D eigenvalue weighted by molar-refractivity contribution is 5.84. The fourth-order valence-electron chi connectivity index (χ4n) is 3.30. The number of amides is 3. The number of urea groups is 1. The van der Waals surface area contributed by atoms with Crippen LogP contribution >= 0.6 is 0 Å². The molecule has 2 aliphatic rings. The summed E-state index contributed by atoms with van der Waals surface area (Å²) in [5.41, 5.74) is 0.311. The van der Waals surface area contributed by atoms with E-state index in [9.17, 15) is 9.59 Å². The van der Waals surface area contributed by atoms with Gasteiger partial charge in [0.25, 0.3) is 0 Å². The van der Waals surface area contributed by atoms with Crippen LogP contribution in [0.4, 0.5) is 4.79 Å². The lowest BCUT2D eigenvalue weighted by Crippen LogP contribution is -2.50. The molecule has 0 saturated carbocycles. The maximum atomic E-state index is 12.4. The van der Waals surface area contributed by atoms with E-state index in [-0.39, 0.29) is 18.5 Å². The van der Waals surface area contributed by atoms with Gasteiger partial charge in [0.05, 0.1) is 0 Å². The SMILES string of the molecule is CC(C)(C)C1CCCN(C(=O)CN2CCCNC2=O)CC1. The van der Waals surface area contributed by atoms with Crippen LogP contribution in [0.5, 0.6) is 0 Å². The Labute approximate surface area is 128 Å². The Morgan fingerprint density at radius 2 is 1.95 bits per heavy atom. The molecule has 2 aliphatic heterocycles. The molecule has 2 rings (SSSR count). The van der Waals surface area contributed by atoms with E-state index in [2.05, 4.69) is 26.1 Å². The van der Waals surface area contributed by atoms with Crippen molar-refractivity contribution in [3.8, 4) is 0 Å². The first kappa shape index (κ1) is 16.1. The van der Waals surface area contributed by atoms with Gasteiger partial charge in [0.15, 0.2) is 0 Å². The molecule has 120 valence electrons. The number of nitrogens with one attached hydrogen (secondary N) is 1. The van der Waals surface area contributed by atoms with Crippen LogP contribution in [-0.2, 0) is 4.79 Å². The van der Waals surface area contributed by atoms with Crippen LogP contribution in [0.2, 0.25) is 0 Å². The zero-order valence-electron chi connectivity index (χ0n) is 13.7. The fraction of sp³-hybridized carbons (Fsp3) is 0.875. The molecule has 21 heavy (non-hydrogen) atoms. The van der Waals surface area contributed by atoms with Gasteiger partial charge >= 0.3 is 6.03 Å². The molecule has 0 aromatic heterocycles. The van der Waals surface area contributed by atoms with Gasteiger partial charge in [-0.25, -0.2) is 4.79 Å². The van der Waals surface area contributed by atoms with Crippen LogP contribution in [0, 0.1) is 11.3 Å². The monoisotopic (exact) mass is 295 g/mol. The molecular weight excluding hydrogens is 266 g/mol. The second-order valence-corrected chi connectivity index (χ2v) is 7.38. The third-order valence-corrected chi connectivity index (χ3v) is 4.80. The molecule has 3 amide bonds. The van der Waals surface area contributed by atoms with Crippen LogP contribution in [-0.4, -0.2) is 54.5 Å². The van der Waals surface area contributed by atoms with Gasteiger partial charge in [-0.05, 0) is 37.0 Å². The lowest BCUT2D eigenvalue weighted by Gasteiger charge is -2.31. The third kappa shape index (κ3) is 4.35. The summed E-state index contributed by atoms with van der Waals surface area (Å²) >= 11 is 0. The Hall–Kier alpha value is -1.26.